The molecule has 3 aromatic heterocycles. The van der Waals surface area contributed by atoms with E-state index in [0.717, 1.165) is 68.6 Å². The zero-order valence-corrected chi connectivity index (χ0v) is 32.5. The molecule has 0 spiro atoms. The maximum Gasteiger partial charge on any atom is 0.274 e. The van der Waals surface area contributed by atoms with Crippen LogP contribution in [0.1, 0.15) is 82.2 Å². The van der Waals surface area contributed by atoms with Crippen LogP contribution in [-0.4, -0.2) is 105 Å². The van der Waals surface area contributed by atoms with E-state index in [1.54, 1.807) is 29.1 Å². The minimum atomic E-state index is -0.617. The largest absolute Gasteiger partial charge is 0.371 e. The fourth-order valence-corrected chi connectivity index (χ4v) is 8.95. The fourth-order valence-electron chi connectivity index (χ4n) is 8.95. The summed E-state index contributed by atoms with van der Waals surface area (Å²) in [6.07, 6.45) is 6.21. The van der Waals surface area contributed by atoms with Crippen LogP contribution in [0.25, 0.3) is 11.0 Å². The Balaban J connectivity index is 0.725. The molecule has 3 N–H and O–H groups in total. The standard InChI is InChI=1S/C43H47FN10O4/c1-27-22-45-43(58)38-21-30-5-10-37(48-40(30)54(27)38)42(57)47-31-23-46-53(26-31)25-28-2-6-32(7-3-28)51-14-12-33(13-15-51)52-18-16-50(17-19-52)24-29-4-8-34(36(44)20-29)35-9-11-39(55)49-41(35)56/h2-8,10,20-21,23,26-27,33,35H,9,11-19,22,24-25H2,1H3,(H,45,58)(H,47,57)(H,49,55,56)/t27-,35?/m1/s1. The van der Waals surface area contributed by atoms with Crippen molar-refractivity contribution in [1.29, 1.82) is 0 Å². The highest BCUT2D eigenvalue weighted by molar-refractivity contribution is 6.05. The summed E-state index contributed by atoms with van der Waals surface area (Å²) in [4.78, 5) is 61.3. The molecule has 3 fully saturated rings. The van der Waals surface area contributed by atoms with Crippen molar-refractivity contribution in [2.75, 3.05) is 56.0 Å². The van der Waals surface area contributed by atoms with Crippen LogP contribution < -0.4 is 20.9 Å². The molecule has 14 nitrogen and oxygen atoms in total. The van der Waals surface area contributed by atoms with Gasteiger partial charge in [0, 0.05) is 87.7 Å². The normalized spacial score (nSPS) is 20.9. The van der Waals surface area contributed by atoms with Gasteiger partial charge >= 0.3 is 0 Å². The van der Waals surface area contributed by atoms with Gasteiger partial charge in [-0.2, -0.15) is 5.10 Å². The van der Waals surface area contributed by atoms with Crippen LogP contribution >= 0.6 is 0 Å². The fraction of sp³-hybridized carbons (Fsp3) is 0.395. The third-order valence-corrected chi connectivity index (χ3v) is 12.2. The van der Waals surface area contributed by atoms with Crippen LogP contribution in [0.3, 0.4) is 0 Å². The van der Waals surface area contributed by atoms with Gasteiger partial charge in [-0.1, -0.05) is 24.3 Å². The summed E-state index contributed by atoms with van der Waals surface area (Å²) in [5, 5.41) is 13.4. The number of piperazine rings is 1. The van der Waals surface area contributed by atoms with Crippen molar-refractivity contribution in [3.8, 4) is 0 Å². The highest BCUT2D eigenvalue weighted by Crippen LogP contribution is 2.30. The van der Waals surface area contributed by atoms with E-state index in [1.165, 1.54) is 5.69 Å². The van der Waals surface area contributed by atoms with E-state index in [2.05, 4.69) is 65.0 Å². The molecule has 300 valence electrons. The Bertz CT molecular complexity index is 2380. The van der Waals surface area contributed by atoms with E-state index in [1.807, 2.05) is 35.9 Å². The number of pyridine rings is 1. The van der Waals surface area contributed by atoms with Gasteiger partial charge in [0.25, 0.3) is 11.8 Å². The lowest BCUT2D eigenvalue weighted by Gasteiger charge is -2.43. The molecule has 4 aliphatic rings. The number of piperidine rings is 2. The van der Waals surface area contributed by atoms with Gasteiger partial charge in [-0.3, -0.25) is 39.0 Å². The van der Waals surface area contributed by atoms with Crippen molar-refractivity contribution in [3.63, 3.8) is 0 Å². The number of nitrogens with one attached hydrogen (secondary N) is 3. The summed E-state index contributed by atoms with van der Waals surface area (Å²) < 4.78 is 18.8. The number of aromatic nitrogens is 4. The molecule has 9 rings (SSSR count). The average molecular weight is 787 g/mol. The number of benzene rings is 2. The average Bonchev–Trinajstić information content (AvgIpc) is 3.85. The van der Waals surface area contributed by atoms with E-state index in [9.17, 15) is 19.2 Å². The second kappa shape index (κ2) is 15.8. The van der Waals surface area contributed by atoms with E-state index in [0.29, 0.717) is 54.7 Å². The number of carbonyl (C=O) groups excluding carboxylic acids is 4. The van der Waals surface area contributed by atoms with Crippen LogP contribution in [0.4, 0.5) is 15.8 Å². The summed E-state index contributed by atoms with van der Waals surface area (Å²) in [6, 6.07) is 19.7. The zero-order chi connectivity index (χ0) is 39.9. The summed E-state index contributed by atoms with van der Waals surface area (Å²) in [5.41, 5.74) is 5.59. The minimum absolute atomic E-state index is 0.0327. The summed E-state index contributed by atoms with van der Waals surface area (Å²) in [5.74, 6) is -2.19. The van der Waals surface area contributed by atoms with E-state index >= 15 is 4.39 Å². The van der Waals surface area contributed by atoms with E-state index < -0.39 is 11.8 Å². The van der Waals surface area contributed by atoms with Gasteiger partial charge in [-0.05, 0) is 73.7 Å². The number of hydrogen-bond acceptors (Lipinski definition) is 9. The van der Waals surface area contributed by atoms with Gasteiger partial charge in [0.15, 0.2) is 0 Å². The van der Waals surface area contributed by atoms with Gasteiger partial charge < -0.3 is 20.1 Å². The van der Waals surface area contributed by atoms with E-state index in [4.69, 9.17) is 0 Å². The lowest BCUT2D eigenvalue weighted by Crippen LogP contribution is -2.53. The van der Waals surface area contributed by atoms with Crippen molar-refractivity contribution in [1.82, 2.24) is 39.8 Å². The van der Waals surface area contributed by atoms with Crippen molar-refractivity contribution < 1.29 is 23.6 Å². The number of fused-ring (bicyclic) bond motifs is 3. The molecule has 15 heteroatoms. The molecule has 3 saturated heterocycles. The highest BCUT2D eigenvalue weighted by atomic mass is 19.1. The maximum absolute atomic E-state index is 15.1. The quantitative estimate of drug-likeness (QED) is 0.186. The molecule has 2 atom stereocenters. The van der Waals surface area contributed by atoms with Crippen LogP contribution in [0, 0.1) is 5.82 Å². The third kappa shape index (κ3) is 7.71. The molecule has 0 radical (unpaired) electrons. The SMILES string of the molecule is C[C@@H]1CNC(=O)c2cc3ccc(C(=O)Nc4cnn(Cc5ccc(N6CCC(N7CCN(Cc8ccc(C9CCC(=O)NC9=O)c(F)c8)CC7)CC6)cc5)c4)nc3n21. The smallest absolute Gasteiger partial charge is 0.274 e. The molecule has 4 amide bonds. The number of nitrogens with zero attached hydrogens (tertiary/aromatic N) is 7. The Labute approximate surface area is 335 Å². The Hall–Kier alpha value is -5.93. The van der Waals surface area contributed by atoms with Crippen LogP contribution in [-0.2, 0) is 22.7 Å². The van der Waals surface area contributed by atoms with Gasteiger partial charge in [-0.25, -0.2) is 9.37 Å². The predicted octanol–water partition coefficient (Wildman–Crippen LogP) is 4.28. The lowest BCUT2D eigenvalue weighted by molar-refractivity contribution is -0.134. The first-order valence-electron chi connectivity index (χ1n) is 20.2. The molecule has 0 saturated carbocycles. The van der Waals surface area contributed by atoms with Crippen LogP contribution in [0.5, 0.6) is 0 Å². The van der Waals surface area contributed by atoms with Gasteiger partial charge in [0.2, 0.25) is 11.8 Å². The summed E-state index contributed by atoms with van der Waals surface area (Å²) in [6.45, 7) is 9.56. The summed E-state index contributed by atoms with van der Waals surface area (Å²) in [7, 11) is 0. The molecule has 1 unspecified atom stereocenters. The molecular weight excluding hydrogens is 740 g/mol. The third-order valence-electron chi connectivity index (χ3n) is 12.2. The molecule has 4 aliphatic heterocycles. The number of amides is 4. The molecule has 2 aromatic carbocycles. The Morgan fingerprint density at radius 3 is 2.43 bits per heavy atom. The Kier molecular flexibility index (Phi) is 10.2. The second-order valence-corrected chi connectivity index (χ2v) is 16.0. The molecule has 7 heterocycles. The van der Waals surface area contributed by atoms with E-state index in [-0.39, 0.29) is 41.7 Å². The predicted molar refractivity (Wildman–Crippen MR) is 216 cm³/mol. The molecule has 5 aromatic rings. The number of halogens is 1. The first kappa shape index (κ1) is 37.6. The zero-order valence-electron chi connectivity index (χ0n) is 32.5. The van der Waals surface area contributed by atoms with Crippen molar-refractivity contribution >= 4 is 46.0 Å². The minimum Gasteiger partial charge on any atom is -0.371 e. The molecule has 0 aliphatic carbocycles. The van der Waals surface area contributed by atoms with Gasteiger partial charge in [0.05, 0.1) is 30.4 Å². The second-order valence-electron chi connectivity index (χ2n) is 16.0. The number of anilines is 2. The molecule has 58 heavy (non-hydrogen) atoms. The topological polar surface area (TPSA) is 150 Å². The molecular formula is C43H47FN10O4. The summed E-state index contributed by atoms with van der Waals surface area (Å²) >= 11 is 0. The number of carbonyl (C=O) groups is 4. The Morgan fingerprint density at radius 1 is 0.897 bits per heavy atom. The number of rotatable bonds is 9. The van der Waals surface area contributed by atoms with Crippen molar-refractivity contribution in [2.45, 2.75) is 63.7 Å². The van der Waals surface area contributed by atoms with Crippen molar-refractivity contribution in [2.24, 2.45) is 0 Å². The Morgan fingerprint density at radius 2 is 1.67 bits per heavy atom. The first-order valence-corrected chi connectivity index (χ1v) is 20.2. The lowest BCUT2D eigenvalue weighted by atomic mass is 9.89. The maximum atomic E-state index is 15.1. The first-order chi connectivity index (χ1) is 28.1. The monoisotopic (exact) mass is 786 g/mol. The number of hydrogen-bond donors (Lipinski definition) is 3. The number of imide groups is 1. The molecule has 0 bridgehead atoms. The van der Waals surface area contributed by atoms with Crippen molar-refractivity contribution in [3.05, 3.63) is 107 Å². The highest BCUT2D eigenvalue weighted by Gasteiger charge is 2.31. The van der Waals surface area contributed by atoms with Gasteiger partial charge in [0.1, 0.15) is 22.9 Å². The van der Waals surface area contributed by atoms with Gasteiger partial charge in [-0.15, -0.1) is 0 Å². The van der Waals surface area contributed by atoms with Crippen LogP contribution in [0.15, 0.2) is 73.1 Å². The van der Waals surface area contributed by atoms with Crippen LogP contribution in [0.2, 0.25) is 0 Å².